The van der Waals surface area contributed by atoms with E-state index in [1.165, 1.54) is 0 Å². The molecule has 0 saturated carbocycles. The van der Waals surface area contributed by atoms with Crippen LogP contribution >= 0.6 is 0 Å². The number of aryl methyl sites for hydroxylation is 2. The van der Waals surface area contributed by atoms with Crippen molar-refractivity contribution in [3.63, 3.8) is 0 Å². The van der Waals surface area contributed by atoms with Crippen LogP contribution in [0.25, 0.3) is 0 Å². The number of carboxylic acids is 1. The van der Waals surface area contributed by atoms with E-state index in [0.717, 1.165) is 25.1 Å². The number of hydrogen-bond acceptors (Lipinski definition) is 3. The van der Waals surface area contributed by atoms with Gasteiger partial charge in [-0.05, 0) is 45.1 Å². The number of hydrogen-bond donors (Lipinski definition) is 1. The van der Waals surface area contributed by atoms with E-state index in [2.05, 4.69) is 0 Å². The second kappa shape index (κ2) is 6.11. The molecule has 1 aromatic rings. The number of amides is 1. The van der Waals surface area contributed by atoms with E-state index in [0.29, 0.717) is 24.3 Å². The zero-order valence-corrected chi connectivity index (χ0v) is 12.0. The van der Waals surface area contributed by atoms with E-state index in [-0.39, 0.29) is 18.2 Å². The molecule has 1 aliphatic heterocycles. The maximum atomic E-state index is 12.5. The zero-order valence-electron chi connectivity index (χ0n) is 12.0. The fraction of sp³-hybridized carbons (Fsp3) is 0.600. The summed E-state index contributed by atoms with van der Waals surface area (Å²) in [6, 6.07) is 1.78. The lowest BCUT2D eigenvalue weighted by Gasteiger charge is -2.32. The number of rotatable bonds is 4. The summed E-state index contributed by atoms with van der Waals surface area (Å²) in [5, 5.41) is 8.74. The van der Waals surface area contributed by atoms with Crippen molar-refractivity contribution in [2.45, 2.75) is 39.5 Å². The molecule has 5 heteroatoms. The van der Waals surface area contributed by atoms with Crippen LogP contribution in [0.4, 0.5) is 0 Å². The molecule has 110 valence electrons. The number of piperidine rings is 1. The standard InChI is InChI=1S/C15H21NO4/c1-10-8-13(11(2)20-10)15(19)16-7-3-4-12(9-16)5-6-14(17)18/h8,12H,3-7,9H2,1-2H3,(H,17,18)/t12-/m0/s1. The predicted molar refractivity (Wildman–Crippen MR) is 73.7 cm³/mol. The van der Waals surface area contributed by atoms with Crippen LogP contribution in [0.2, 0.25) is 0 Å². The Labute approximate surface area is 118 Å². The van der Waals surface area contributed by atoms with Gasteiger partial charge in [-0.2, -0.15) is 0 Å². The van der Waals surface area contributed by atoms with Crippen LogP contribution in [0.3, 0.4) is 0 Å². The lowest BCUT2D eigenvalue weighted by molar-refractivity contribution is -0.137. The zero-order chi connectivity index (χ0) is 14.7. The Morgan fingerprint density at radius 3 is 2.80 bits per heavy atom. The molecule has 5 nitrogen and oxygen atoms in total. The number of carbonyl (C=O) groups is 2. The molecule has 0 unspecified atom stereocenters. The number of nitrogens with zero attached hydrogens (tertiary/aromatic N) is 1. The molecule has 1 aliphatic rings. The summed E-state index contributed by atoms with van der Waals surface area (Å²) in [6.45, 7) is 5.02. The molecule has 1 atom stereocenters. The van der Waals surface area contributed by atoms with Crippen molar-refractivity contribution >= 4 is 11.9 Å². The van der Waals surface area contributed by atoms with Gasteiger partial charge in [-0.25, -0.2) is 0 Å². The first-order chi connectivity index (χ1) is 9.47. The molecule has 20 heavy (non-hydrogen) atoms. The quantitative estimate of drug-likeness (QED) is 0.919. The summed E-state index contributed by atoms with van der Waals surface area (Å²) < 4.78 is 5.41. The Morgan fingerprint density at radius 1 is 1.45 bits per heavy atom. The smallest absolute Gasteiger partial charge is 0.303 e. The first kappa shape index (κ1) is 14.6. The molecule has 0 aliphatic carbocycles. The average molecular weight is 279 g/mol. The second-order valence-corrected chi connectivity index (χ2v) is 5.52. The van der Waals surface area contributed by atoms with Crippen LogP contribution in [0.15, 0.2) is 10.5 Å². The lowest BCUT2D eigenvalue weighted by Crippen LogP contribution is -2.40. The molecule has 1 amide bonds. The highest BCUT2D eigenvalue weighted by atomic mass is 16.4. The van der Waals surface area contributed by atoms with Crippen molar-refractivity contribution in [1.82, 2.24) is 4.90 Å². The van der Waals surface area contributed by atoms with Crippen molar-refractivity contribution in [2.24, 2.45) is 5.92 Å². The summed E-state index contributed by atoms with van der Waals surface area (Å²) in [6.07, 6.45) is 2.76. The van der Waals surface area contributed by atoms with Crippen LogP contribution in [0.5, 0.6) is 0 Å². The van der Waals surface area contributed by atoms with Crippen LogP contribution in [0.1, 0.15) is 47.6 Å². The number of carboxylic acid groups (broad SMARTS) is 1. The van der Waals surface area contributed by atoms with Crippen molar-refractivity contribution in [3.8, 4) is 0 Å². The van der Waals surface area contributed by atoms with Gasteiger partial charge < -0.3 is 14.4 Å². The van der Waals surface area contributed by atoms with Gasteiger partial charge in [0.25, 0.3) is 5.91 Å². The summed E-state index contributed by atoms with van der Waals surface area (Å²) in [5.74, 6) is 0.914. The summed E-state index contributed by atoms with van der Waals surface area (Å²) >= 11 is 0. The Hall–Kier alpha value is -1.78. The van der Waals surface area contributed by atoms with Gasteiger partial charge in [-0.1, -0.05) is 0 Å². The van der Waals surface area contributed by atoms with E-state index >= 15 is 0 Å². The third-order valence-electron chi connectivity index (χ3n) is 3.84. The van der Waals surface area contributed by atoms with Crippen LogP contribution in [-0.4, -0.2) is 35.0 Å². The van der Waals surface area contributed by atoms with E-state index in [4.69, 9.17) is 9.52 Å². The number of carbonyl (C=O) groups excluding carboxylic acids is 1. The fourth-order valence-corrected chi connectivity index (χ4v) is 2.83. The van der Waals surface area contributed by atoms with E-state index in [1.54, 1.807) is 13.0 Å². The topological polar surface area (TPSA) is 70.8 Å². The molecular formula is C15H21NO4. The van der Waals surface area contributed by atoms with Gasteiger partial charge in [-0.3, -0.25) is 9.59 Å². The monoisotopic (exact) mass is 279 g/mol. The third-order valence-corrected chi connectivity index (χ3v) is 3.84. The summed E-state index contributed by atoms with van der Waals surface area (Å²) in [7, 11) is 0. The minimum Gasteiger partial charge on any atom is -0.481 e. The Balaban J connectivity index is 1.99. The van der Waals surface area contributed by atoms with E-state index in [1.807, 2.05) is 11.8 Å². The SMILES string of the molecule is Cc1cc(C(=O)N2CCC[C@@H](CCC(=O)O)C2)c(C)o1. The predicted octanol–water partition coefficient (Wildman–Crippen LogP) is 2.61. The number of likely N-dealkylation sites (tertiary alicyclic amines) is 1. The van der Waals surface area contributed by atoms with Crippen molar-refractivity contribution in [1.29, 1.82) is 0 Å². The molecule has 0 aromatic carbocycles. The molecule has 1 N–H and O–H groups in total. The molecule has 1 saturated heterocycles. The summed E-state index contributed by atoms with van der Waals surface area (Å²) in [4.78, 5) is 24.9. The minimum atomic E-state index is -0.769. The van der Waals surface area contributed by atoms with Crippen molar-refractivity contribution in [2.75, 3.05) is 13.1 Å². The fourth-order valence-electron chi connectivity index (χ4n) is 2.83. The first-order valence-electron chi connectivity index (χ1n) is 7.05. The largest absolute Gasteiger partial charge is 0.481 e. The molecule has 0 bridgehead atoms. The molecule has 2 rings (SSSR count). The Morgan fingerprint density at radius 2 is 2.20 bits per heavy atom. The highest BCUT2D eigenvalue weighted by Crippen LogP contribution is 2.24. The molecule has 1 aromatic heterocycles. The van der Waals surface area contributed by atoms with Gasteiger partial charge in [0.1, 0.15) is 11.5 Å². The van der Waals surface area contributed by atoms with Crippen LogP contribution in [-0.2, 0) is 4.79 Å². The van der Waals surface area contributed by atoms with Gasteiger partial charge in [0.15, 0.2) is 0 Å². The Bertz CT molecular complexity index is 506. The van der Waals surface area contributed by atoms with E-state index < -0.39 is 5.97 Å². The van der Waals surface area contributed by atoms with E-state index in [9.17, 15) is 9.59 Å². The van der Waals surface area contributed by atoms with Crippen molar-refractivity contribution in [3.05, 3.63) is 23.2 Å². The molecule has 1 fully saturated rings. The second-order valence-electron chi connectivity index (χ2n) is 5.52. The summed E-state index contributed by atoms with van der Waals surface area (Å²) in [5.41, 5.74) is 0.626. The lowest BCUT2D eigenvalue weighted by atomic mass is 9.93. The number of aliphatic carboxylic acids is 1. The molecule has 0 radical (unpaired) electrons. The molecule has 2 heterocycles. The maximum Gasteiger partial charge on any atom is 0.303 e. The van der Waals surface area contributed by atoms with Crippen LogP contribution < -0.4 is 0 Å². The number of furan rings is 1. The maximum absolute atomic E-state index is 12.5. The minimum absolute atomic E-state index is 0.000579. The molecule has 0 spiro atoms. The molecular weight excluding hydrogens is 258 g/mol. The highest BCUT2D eigenvalue weighted by molar-refractivity contribution is 5.95. The first-order valence-corrected chi connectivity index (χ1v) is 7.05. The highest BCUT2D eigenvalue weighted by Gasteiger charge is 2.26. The Kier molecular flexibility index (Phi) is 4.47. The van der Waals surface area contributed by atoms with Crippen molar-refractivity contribution < 1.29 is 19.1 Å². The van der Waals surface area contributed by atoms with Crippen LogP contribution in [0, 0.1) is 19.8 Å². The van der Waals surface area contributed by atoms with Gasteiger partial charge in [0.2, 0.25) is 0 Å². The van der Waals surface area contributed by atoms with Gasteiger partial charge in [0, 0.05) is 19.5 Å². The van der Waals surface area contributed by atoms with Gasteiger partial charge >= 0.3 is 5.97 Å². The third kappa shape index (κ3) is 3.40. The average Bonchev–Trinajstić information content (AvgIpc) is 2.75. The van der Waals surface area contributed by atoms with Gasteiger partial charge in [-0.15, -0.1) is 0 Å². The normalized spacial score (nSPS) is 19.1. The van der Waals surface area contributed by atoms with Gasteiger partial charge in [0.05, 0.1) is 5.56 Å².